The molecule has 0 saturated heterocycles. The predicted molar refractivity (Wildman–Crippen MR) is 90.8 cm³/mol. The van der Waals surface area contributed by atoms with Gasteiger partial charge in [0.05, 0.1) is 0 Å². The number of benzene rings is 2. The lowest BCUT2D eigenvalue weighted by atomic mass is 9.65. The number of hydrogen-bond donors (Lipinski definition) is 0. The van der Waals surface area contributed by atoms with Crippen LogP contribution in [-0.4, -0.2) is 0 Å². The van der Waals surface area contributed by atoms with Crippen molar-refractivity contribution >= 4 is 14.5 Å². The van der Waals surface area contributed by atoms with Crippen LogP contribution in [0.25, 0.3) is 0 Å². The largest absolute Gasteiger partial charge is 0.106 e. The lowest BCUT2D eigenvalue weighted by Crippen LogP contribution is -2.30. The number of rotatable bonds is 2. The van der Waals surface area contributed by atoms with Crippen molar-refractivity contribution in [3.05, 3.63) is 65.2 Å². The first-order valence-corrected chi connectivity index (χ1v) is 8.22. The van der Waals surface area contributed by atoms with Crippen LogP contribution in [0.5, 0.6) is 0 Å². The fourth-order valence-corrected chi connectivity index (χ4v) is 3.77. The fourth-order valence-electron chi connectivity index (χ4n) is 3.57. The molecule has 0 aromatic heterocycles. The Morgan fingerprint density at radius 2 is 1.25 bits per heavy atom. The third-order valence-corrected chi connectivity index (χ3v) is 5.16. The molecule has 2 aromatic rings. The van der Waals surface area contributed by atoms with Crippen LogP contribution in [0.15, 0.2) is 48.5 Å². The minimum absolute atomic E-state index is 0.240. The molecule has 0 N–H and O–H groups in total. The maximum atomic E-state index is 2.78. The summed E-state index contributed by atoms with van der Waals surface area (Å²) in [6.45, 7) is 2.17. The maximum absolute atomic E-state index is 2.78. The summed E-state index contributed by atoms with van der Waals surface area (Å²) in [6.07, 6.45) is 6.64. The summed E-state index contributed by atoms with van der Waals surface area (Å²) in [7, 11) is 2.78. The highest BCUT2D eigenvalue weighted by atomic mass is 31.0. The lowest BCUT2D eigenvalue weighted by molar-refractivity contribution is 0.346. The van der Waals surface area contributed by atoms with E-state index in [2.05, 4.69) is 64.7 Å². The lowest BCUT2D eigenvalue weighted by Gasteiger charge is -2.38. The van der Waals surface area contributed by atoms with E-state index in [1.165, 1.54) is 54.1 Å². The molecule has 0 heterocycles. The molecule has 1 aliphatic rings. The molecule has 1 atom stereocenters. The molecule has 1 saturated carbocycles. The molecule has 20 heavy (non-hydrogen) atoms. The molecular weight excluding hydrogens is 259 g/mol. The highest BCUT2D eigenvalue weighted by molar-refractivity contribution is 7.27. The van der Waals surface area contributed by atoms with Crippen LogP contribution in [0.2, 0.25) is 0 Å². The zero-order valence-corrected chi connectivity index (χ0v) is 13.4. The van der Waals surface area contributed by atoms with E-state index < -0.39 is 0 Å². The molecule has 1 fully saturated rings. The van der Waals surface area contributed by atoms with E-state index in [1.807, 2.05) is 0 Å². The summed E-state index contributed by atoms with van der Waals surface area (Å²) in [6, 6.07) is 18.3. The molecule has 0 bridgehead atoms. The second-order valence-electron chi connectivity index (χ2n) is 6.13. The average molecular weight is 282 g/mol. The van der Waals surface area contributed by atoms with Gasteiger partial charge in [0.2, 0.25) is 0 Å². The van der Waals surface area contributed by atoms with Crippen molar-refractivity contribution < 1.29 is 0 Å². The van der Waals surface area contributed by atoms with Crippen LogP contribution in [0, 0.1) is 6.92 Å². The molecule has 1 unspecified atom stereocenters. The van der Waals surface area contributed by atoms with Crippen molar-refractivity contribution in [2.45, 2.75) is 44.4 Å². The van der Waals surface area contributed by atoms with E-state index in [1.54, 1.807) is 0 Å². The van der Waals surface area contributed by atoms with E-state index in [9.17, 15) is 0 Å². The van der Waals surface area contributed by atoms with Crippen LogP contribution in [0.4, 0.5) is 0 Å². The molecule has 0 spiro atoms. The first-order valence-electron chi connectivity index (χ1n) is 7.64. The standard InChI is InChI=1S/C19H23P/c1-15-5-7-16(8-6-15)19(13-3-2-4-14-19)17-9-11-18(20)12-10-17/h5-12H,2-4,13-14,20H2,1H3. The van der Waals surface area contributed by atoms with E-state index in [-0.39, 0.29) is 5.41 Å². The molecule has 1 heteroatoms. The summed E-state index contributed by atoms with van der Waals surface area (Å²) in [4.78, 5) is 0. The minimum atomic E-state index is 0.240. The highest BCUT2D eigenvalue weighted by Crippen LogP contribution is 2.44. The Labute approximate surface area is 124 Å². The normalized spacial score (nSPS) is 17.9. The second kappa shape index (κ2) is 5.70. The monoisotopic (exact) mass is 282 g/mol. The Morgan fingerprint density at radius 3 is 1.80 bits per heavy atom. The van der Waals surface area contributed by atoms with Crippen LogP contribution >= 0.6 is 9.24 Å². The van der Waals surface area contributed by atoms with Crippen LogP contribution in [0.1, 0.15) is 48.8 Å². The van der Waals surface area contributed by atoms with Crippen LogP contribution in [-0.2, 0) is 5.41 Å². The SMILES string of the molecule is Cc1ccc(C2(c3ccc(P)cc3)CCCCC2)cc1. The summed E-state index contributed by atoms with van der Waals surface area (Å²) < 4.78 is 0. The minimum Gasteiger partial charge on any atom is -0.106 e. The van der Waals surface area contributed by atoms with Gasteiger partial charge in [-0.05, 0) is 36.2 Å². The number of hydrogen-bond acceptors (Lipinski definition) is 0. The molecule has 0 aliphatic heterocycles. The second-order valence-corrected chi connectivity index (χ2v) is 6.80. The molecule has 0 nitrogen and oxygen atoms in total. The van der Waals surface area contributed by atoms with Gasteiger partial charge in [-0.25, -0.2) is 0 Å². The average Bonchev–Trinajstić information content (AvgIpc) is 2.49. The van der Waals surface area contributed by atoms with Crippen LogP contribution in [0.3, 0.4) is 0 Å². The zero-order valence-electron chi connectivity index (χ0n) is 12.2. The van der Waals surface area contributed by atoms with Gasteiger partial charge in [-0.1, -0.05) is 73.4 Å². The zero-order chi connectivity index (χ0) is 14.0. The first-order chi connectivity index (χ1) is 9.71. The maximum Gasteiger partial charge on any atom is 0.0202 e. The van der Waals surface area contributed by atoms with Gasteiger partial charge in [-0.2, -0.15) is 0 Å². The number of aryl methyl sites for hydroxylation is 1. The van der Waals surface area contributed by atoms with Crippen molar-refractivity contribution in [1.29, 1.82) is 0 Å². The van der Waals surface area contributed by atoms with Gasteiger partial charge in [0.25, 0.3) is 0 Å². The van der Waals surface area contributed by atoms with E-state index in [0.717, 1.165) is 0 Å². The van der Waals surface area contributed by atoms with E-state index in [4.69, 9.17) is 0 Å². The van der Waals surface area contributed by atoms with Gasteiger partial charge in [0, 0.05) is 5.41 Å². The highest BCUT2D eigenvalue weighted by Gasteiger charge is 2.35. The Hall–Kier alpha value is -1.13. The Morgan fingerprint density at radius 1 is 0.750 bits per heavy atom. The Kier molecular flexibility index (Phi) is 3.94. The summed E-state index contributed by atoms with van der Waals surface area (Å²) in [5, 5.41) is 1.27. The molecule has 104 valence electrons. The van der Waals surface area contributed by atoms with Crippen molar-refractivity contribution in [3.63, 3.8) is 0 Å². The Balaban J connectivity index is 2.08. The summed E-state index contributed by atoms with van der Waals surface area (Å²) >= 11 is 0. The van der Waals surface area contributed by atoms with Gasteiger partial charge in [0.15, 0.2) is 0 Å². The quantitative estimate of drug-likeness (QED) is 0.698. The first kappa shape index (κ1) is 13.8. The van der Waals surface area contributed by atoms with Gasteiger partial charge in [-0.3, -0.25) is 0 Å². The molecule has 1 aliphatic carbocycles. The van der Waals surface area contributed by atoms with Gasteiger partial charge >= 0.3 is 0 Å². The third kappa shape index (κ3) is 2.54. The van der Waals surface area contributed by atoms with Crippen molar-refractivity contribution in [1.82, 2.24) is 0 Å². The fraction of sp³-hybridized carbons (Fsp3) is 0.368. The summed E-state index contributed by atoms with van der Waals surface area (Å²) in [5.74, 6) is 0. The molecular formula is C19H23P. The molecule has 0 amide bonds. The molecule has 2 aromatic carbocycles. The third-order valence-electron chi connectivity index (χ3n) is 4.77. The molecule has 3 rings (SSSR count). The smallest absolute Gasteiger partial charge is 0.0202 e. The van der Waals surface area contributed by atoms with E-state index >= 15 is 0 Å². The van der Waals surface area contributed by atoms with Crippen LogP contribution < -0.4 is 5.30 Å². The van der Waals surface area contributed by atoms with Crippen molar-refractivity contribution in [2.75, 3.05) is 0 Å². The van der Waals surface area contributed by atoms with E-state index in [0.29, 0.717) is 0 Å². The summed E-state index contributed by atoms with van der Waals surface area (Å²) in [5.41, 5.74) is 4.58. The predicted octanol–water partition coefficient (Wildman–Crippen LogP) is 4.75. The topological polar surface area (TPSA) is 0 Å². The van der Waals surface area contributed by atoms with Gasteiger partial charge in [0.1, 0.15) is 0 Å². The Bertz CT molecular complexity index is 512. The van der Waals surface area contributed by atoms with Gasteiger partial charge in [-0.15, -0.1) is 9.24 Å². The van der Waals surface area contributed by atoms with Crippen molar-refractivity contribution in [3.8, 4) is 0 Å². The van der Waals surface area contributed by atoms with Crippen molar-refractivity contribution in [2.24, 2.45) is 0 Å². The van der Waals surface area contributed by atoms with Gasteiger partial charge < -0.3 is 0 Å². The molecule has 0 radical (unpaired) electrons.